The number of benzene rings is 1. The van der Waals surface area contributed by atoms with Gasteiger partial charge in [0.2, 0.25) is 0 Å². The summed E-state index contributed by atoms with van der Waals surface area (Å²) >= 11 is 3.03. The lowest BCUT2D eigenvalue weighted by molar-refractivity contribution is 0.243. The van der Waals surface area contributed by atoms with Crippen molar-refractivity contribution in [1.82, 2.24) is 9.47 Å². The molecule has 3 aromatic rings. The molecule has 0 spiro atoms. The van der Waals surface area contributed by atoms with Gasteiger partial charge in [-0.2, -0.15) is 0 Å². The Hall–Kier alpha value is -1.89. The van der Waals surface area contributed by atoms with Crippen LogP contribution in [-0.4, -0.2) is 23.1 Å². The first-order chi connectivity index (χ1) is 12.2. The number of aromatic nitrogens is 1. The maximum absolute atomic E-state index is 12.0. The number of thiazole rings is 1. The zero-order valence-electron chi connectivity index (χ0n) is 14.5. The van der Waals surface area contributed by atoms with E-state index in [1.807, 2.05) is 35.1 Å². The fourth-order valence-electron chi connectivity index (χ4n) is 2.83. The normalized spacial score (nSPS) is 11.2. The first-order valence-corrected chi connectivity index (χ1v) is 9.95. The zero-order chi connectivity index (χ0) is 17.6. The smallest absolute Gasteiger partial charge is 0.307 e. The van der Waals surface area contributed by atoms with Crippen molar-refractivity contribution in [1.29, 1.82) is 0 Å². The second-order valence-corrected chi connectivity index (χ2v) is 7.75. The van der Waals surface area contributed by atoms with Gasteiger partial charge in [-0.3, -0.25) is 9.69 Å². The molecular formula is C19H22N2O2S2. The molecule has 0 aliphatic carbocycles. The van der Waals surface area contributed by atoms with Gasteiger partial charge < -0.3 is 9.30 Å². The summed E-state index contributed by atoms with van der Waals surface area (Å²) in [6.45, 7) is 5.16. The van der Waals surface area contributed by atoms with Crippen molar-refractivity contribution in [2.24, 2.45) is 0 Å². The van der Waals surface area contributed by atoms with E-state index in [-0.39, 0.29) is 4.87 Å². The van der Waals surface area contributed by atoms with Crippen LogP contribution in [0.25, 0.3) is 0 Å². The number of ether oxygens (including phenoxy) is 1. The Kier molecular flexibility index (Phi) is 6.07. The Bertz CT molecular complexity index is 852. The molecule has 0 aliphatic rings. The molecule has 0 unspecified atom stereocenters. The molecule has 1 aromatic carbocycles. The van der Waals surface area contributed by atoms with Crippen molar-refractivity contribution in [3.05, 3.63) is 73.0 Å². The van der Waals surface area contributed by atoms with Gasteiger partial charge >= 0.3 is 4.87 Å². The van der Waals surface area contributed by atoms with Gasteiger partial charge in [-0.1, -0.05) is 35.6 Å². The number of methoxy groups -OCH3 is 1. The van der Waals surface area contributed by atoms with Gasteiger partial charge in [-0.15, -0.1) is 11.3 Å². The lowest BCUT2D eigenvalue weighted by Crippen LogP contribution is -2.29. The Morgan fingerprint density at radius 1 is 1.12 bits per heavy atom. The summed E-state index contributed by atoms with van der Waals surface area (Å²) in [5.74, 6) is 0.905. The molecule has 6 heteroatoms. The first-order valence-electron chi connectivity index (χ1n) is 8.19. The fraction of sp³-hybridized carbons (Fsp3) is 0.316. The molecule has 0 saturated carbocycles. The van der Waals surface area contributed by atoms with Crippen LogP contribution in [-0.2, 0) is 19.6 Å². The second-order valence-electron chi connectivity index (χ2n) is 5.90. The first kappa shape index (κ1) is 17.9. The summed E-state index contributed by atoms with van der Waals surface area (Å²) in [6, 6.07) is 12.3. The molecule has 2 aromatic heterocycles. The molecule has 4 nitrogen and oxygen atoms in total. The second kappa shape index (κ2) is 8.47. The summed E-state index contributed by atoms with van der Waals surface area (Å²) in [5, 5.41) is 4.02. The average molecular weight is 375 g/mol. The quantitative estimate of drug-likeness (QED) is 0.598. The van der Waals surface area contributed by atoms with Crippen LogP contribution < -0.4 is 9.61 Å². The molecular weight excluding hydrogens is 352 g/mol. The van der Waals surface area contributed by atoms with Crippen molar-refractivity contribution in [2.45, 2.75) is 26.6 Å². The van der Waals surface area contributed by atoms with Gasteiger partial charge in [0.15, 0.2) is 0 Å². The largest absolute Gasteiger partial charge is 0.496 e. The molecule has 0 aliphatic heterocycles. The van der Waals surface area contributed by atoms with E-state index in [9.17, 15) is 4.79 Å². The summed E-state index contributed by atoms with van der Waals surface area (Å²) in [6.07, 6.45) is 0. The van der Waals surface area contributed by atoms with Gasteiger partial charge in [0, 0.05) is 47.7 Å². The van der Waals surface area contributed by atoms with Gasteiger partial charge in [0.1, 0.15) is 5.75 Å². The van der Waals surface area contributed by atoms with E-state index < -0.39 is 0 Å². The van der Waals surface area contributed by atoms with Crippen molar-refractivity contribution in [3.63, 3.8) is 0 Å². The van der Waals surface area contributed by atoms with E-state index in [4.69, 9.17) is 4.74 Å². The van der Waals surface area contributed by atoms with Crippen LogP contribution in [0.15, 0.2) is 52.0 Å². The maximum Gasteiger partial charge on any atom is 0.307 e. The molecule has 0 atom stereocenters. The molecule has 3 rings (SSSR count). The van der Waals surface area contributed by atoms with E-state index in [0.29, 0.717) is 6.54 Å². The van der Waals surface area contributed by atoms with E-state index in [0.717, 1.165) is 36.6 Å². The van der Waals surface area contributed by atoms with Crippen LogP contribution in [0, 0.1) is 6.92 Å². The van der Waals surface area contributed by atoms with Crippen LogP contribution in [0.5, 0.6) is 5.75 Å². The van der Waals surface area contributed by atoms with Crippen LogP contribution in [0.1, 0.15) is 16.1 Å². The highest BCUT2D eigenvalue weighted by atomic mass is 32.1. The number of hydrogen-bond donors (Lipinski definition) is 0. The van der Waals surface area contributed by atoms with E-state index in [1.165, 1.54) is 16.2 Å². The Labute approximate surface area is 155 Å². The van der Waals surface area contributed by atoms with Crippen molar-refractivity contribution in [2.75, 3.05) is 13.7 Å². The number of nitrogens with zero attached hydrogens (tertiary/aromatic N) is 2. The van der Waals surface area contributed by atoms with Crippen molar-refractivity contribution >= 4 is 22.7 Å². The highest BCUT2D eigenvalue weighted by molar-refractivity contribution is 7.09. The Morgan fingerprint density at radius 3 is 2.64 bits per heavy atom. The number of para-hydroxylation sites is 1. The molecule has 0 fully saturated rings. The standard InChI is InChI=1S/C19H22N2O2S2/c1-15-14-25-19(22)21(15)10-9-20(13-17-7-5-11-24-17)12-16-6-3-4-8-18(16)23-2/h3-8,11,14H,9-10,12-13H2,1-2H3. The highest BCUT2D eigenvalue weighted by Gasteiger charge is 2.12. The summed E-state index contributed by atoms with van der Waals surface area (Å²) < 4.78 is 7.35. The monoisotopic (exact) mass is 374 g/mol. The van der Waals surface area contributed by atoms with E-state index >= 15 is 0 Å². The summed E-state index contributed by atoms with van der Waals surface area (Å²) in [5.41, 5.74) is 2.19. The van der Waals surface area contributed by atoms with Crippen LogP contribution in [0.3, 0.4) is 0 Å². The van der Waals surface area contributed by atoms with Crippen LogP contribution in [0.2, 0.25) is 0 Å². The third kappa shape index (κ3) is 4.60. The third-order valence-electron chi connectivity index (χ3n) is 4.16. The van der Waals surface area contributed by atoms with Gasteiger partial charge in [-0.25, -0.2) is 0 Å². The molecule has 0 N–H and O–H groups in total. The van der Waals surface area contributed by atoms with Crippen LogP contribution >= 0.6 is 22.7 Å². The minimum atomic E-state index is 0.117. The highest BCUT2D eigenvalue weighted by Crippen LogP contribution is 2.21. The molecule has 2 heterocycles. The fourth-order valence-corrected chi connectivity index (χ4v) is 4.33. The summed E-state index contributed by atoms with van der Waals surface area (Å²) in [4.78, 5) is 15.8. The van der Waals surface area contributed by atoms with Gasteiger partial charge in [0.05, 0.1) is 7.11 Å². The van der Waals surface area contributed by atoms with Gasteiger partial charge in [-0.05, 0) is 24.4 Å². The molecule has 132 valence electrons. The lowest BCUT2D eigenvalue weighted by Gasteiger charge is -2.23. The predicted molar refractivity (Wildman–Crippen MR) is 105 cm³/mol. The Morgan fingerprint density at radius 2 is 1.96 bits per heavy atom. The number of aryl methyl sites for hydroxylation is 1. The van der Waals surface area contributed by atoms with E-state index in [1.54, 1.807) is 18.4 Å². The summed E-state index contributed by atoms with van der Waals surface area (Å²) in [7, 11) is 1.71. The van der Waals surface area contributed by atoms with E-state index in [2.05, 4.69) is 28.5 Å². The lowest BCUT2D eigenvalue weighted by atomic mass is 10.2. The number of thiophene rings is 1. The zero-order valence-corrected chi connectivity index (χ0v) is 16.1. The van der Waals surface area contributed by atoms with Gasteiger partial charge in [0.25, 0.3) is 0 Å². The molecule has 0 saturated heterocycles. The minimum Gasteiger partial charge on any atom is -0.496 e. The number of rotatable bonds is 8. The minimum absolute atomic E-state index is 0.117. The van der Waals surface area contributed by atoms with Crippen LogP contribution in [0.4, 0.5) is 0 Å². The van der Waals surface area contributed by atoms with Crippen molar-refractivity contribution in [3.8, 4) is 5.75 Å². The molecule has 25 heavy (non-hydrogen) atoms. The van der Waals surface area contributed by atoms with Crippen molar-refractivity contribution < 1.29 is 4.74 Å². The molecule has 0 amide bonds. The third-order valence-corrected chi connectivity index (χ3v) is 5.90. The number of hydrogen-bond acceptors (Lipinski definition) is 5. The average Bonchev–Trinajstić information content (AvgIpc) is 3.24. The molecule has 0 radical (unpaired) electrons. The predicted octanol–water partition coefficient (Wildman–Crippen LogP) is 3.99. The SMILES string of the molecule is COc1ccccc1CN(CCn1c(C)csc1=O)Cc1cccs1. The molecule has 0 bridgehead atoms. The Balaban J connectivity index is 1.76. The topological polar surface area (TPSA) is 34.5 Å². The maximum atomic E-state index is 12.0.